The minimum atomic E-state index is -0.324. The largest absolute Gasteiger partial charge is 0.491 e. The first-order chi connectivity index (χ1) is 8.22. The van der Waals surface area contributed by atoms with Gasteiger partial charge in [0, 0.05) is 30.9 Å². The molecule has 0 aliphatic carbocycles. The van der Waals surface area contributed by atoms with Gasteiger partial charge >= 0.3 is 0 Å². The van der Waals surface area contributed by atoms with Crippen LogP contribution in [0.1, 0.15) is 6.42 Å². The third kappa shape index (κ3) is 6.61. The Balaban J connectivity index is 2.13. The summed E-state index contributed by atoms with van der Waals surface area (Å²) in [5.41, 5.74) is 0. The predicted octanol–water partition coefficient (Wildman–Crippen LogP) is 3.02. The van der Waals surface area contributed by atoms with Gasteiger partial charge in [0.25, 0.3) is 0 Å². The third-order valence-electron chi connectivity index (χ3n) is 1.97. The van der Waals surface area contributed by atoms with E-state index in [9.17, 15) is 4.39 Å². The highest BCUT2D eigenvalue weighted by Crippen LogP contribution is 2.20. The second-order valence-electron chi connectivity index (χ2n) is 3.41. The zero-order valence-corrected chi connectivity index (χ0v) is 11.3. The van der Waals surface area contributed by atoms with Crippen LogP contribution in [0.25, 0.3) is 0 Å². The van der Waals surface area contributed by atoms with Gasteiger partial charge in [-0.3, -0.25) is 0 Å². The highest BCUT2D eigenvalue weighted by molar-refractivity contribution is 9.10. The summed E-state index contributed by atoms with van der Waals surface area (Å²) >= 11 is 3.20. The van der Waals surface area contributed by atoms with Gasteiger partial charge in [0.15, 0.2) is 0 Å². The maximum atomic E-state index is 13.0. The molecule has 0 unspecified atom stereocenters. The average molecular weight is 307 g/mol. The lowest BCUT2D eigenvalue weighted by Gasteiger charge is -2.07. The topological polar surface area (TPSA) is 27.7 Å². The molecule has 1 rings (SSSR count). The van der Waals surface area contributed by atoms with Gasteiger partial charge in [0.2, 0.25) is 0 Å². The van der Waals surface area contributed by atoms with Crippen LogP contribution in [0.5, 0.6) is 5.75 Å². The molecule has 0 aliphatic heterocycles. The number of hydrogen-bond donors (Lipinski definition) is 0. The minimum Gasteiger partial charge on any atom is -0.491 e. The van der Waals surface area contributed by atoms with Crippen molar-refractivity contribution >= 4 is 15.9 Å². The molecule has 0 spiro atoms. The standard InChI is InChI=1S/C12H16BrFO3/c1-15-3-2-4-16-5-6-17-12-8-10(13)7-11(14)9-12/h7-9H,2-6H2,1H3. The molecule has 1 aromatic carbocycles. The van der Waals surface area contributed by atoms with E-state index in [1.807, 2.05) is 0 Å². The van der Waals surface area contributed by atoms with E-state index >= 15 is 0 Å². The van der Waals surface area contributed by atoms with Crippen molar-refractivity contribution in [2.75, 3.05) is 33.5 Å². The molecule has 0 aliphatic rings. The van der Waals surface area contributed by atoms with Crippen LogP contribution in [-0.4, -0.2) is 33.5 Å². The van der Waals surface area contributed by atoms with Gasteiger partial charge in [0.05, 0.1) is 6.61 Å². The van der Waals surface area contributed by atoms with Crippen LogP contribution in [0, 0.1) is 5.82 Å². The van der Waals surface area contributed by atoms with Crippen LogP contribution < -0.4 is 4.74 Å². The van der Waals surface area contributed by atoms with Crippen molar-refractivity contribution in [1.82, 2.24) is 0 Å². The quantitative estimate of drug-likeness (QED) is 0.691. The van der Waals surface area contributed by atoms with E-state index in [4.69, 9.17) is 14.2 Å². The Kier molecular flexibility index (Phi) is 7.16. The number of rotatable bonds is 8. The highest BCUT2D eigenvalue weighted by atomic mass is 79.9. The summed E-state index contributed by atoms with van der Waals surface area (Å²) < 4.78 is 29.2. The Morgan fingerprint density at radius 1 is 1.12 bits per heavy atom. The van der Waals surface area contributed by atoms with Crippen LogP contribution in [0.4, 0.5) is 4.39 Å². The smallest absolute Gasteiger partial charge is 0.128 e. The maximum absolute atomic E-state index is 13.0. The lowest BCUT2D eigenvalue weighted by Crippen LogP contribution is -2.08. The summed E-state index contributed by atoms with van der Waals surface area (Å²) in [5, 5.41) is 0. The van der Waals surface area contributed by atoms with Crippen molar-refractivity contribution in [3.8, 4) is 5.75 Å². The van der Waals surface area contributed by atoms with E-state index in [0.717, 1.165) is 6.42 Å². The van der Waals surface area contributed by atoms with Crippen molar-refractivity contribution in [3.63, 3.8) is 0 Å². The second kappa shape index (κ2) is 8.44. The van der Waals surface area contributed by atoms with Crippen molar-refractivity contribution in [2.45, 2.75) is 6.42 Å². The van der Waals surface area contributed by atoms with E-state index in [0.29, 0.717) is 36.6 Å². The zero-order chi connectivity index (χ0) is 12.5. The second-order valence-corrected chi connectivity index (χ2v) is 4.33. The van der Waals surface area contributed by atoms with Gasteiger partial charge in [-0.05, 0) is 18.6 Å². The Morgan fingerprint density at radius 3 is 2.65 bits per heavy atom. The minimum absolute atomic E-state index is 0.324. The number of hydrogen-bond acceptors (Lipinski definition) is 3. The summed E-state index contributed by atoms with van der Waals surface area (Å²) in [7, 11) is 1.66. The molecule has 0 aromatic heterocycles. The fourth-order valence-electron chi connectivity index (χ4n) is 1.24. The molecule has 3 nitrogen and oxygen atoms in total. The third-order valence-corrected chi connectivity index (χ3v) is 2.43. The van der Waals surface area contributed by atoms with Gasteiger partial charge in [-0.15, -0.1) is 0 Å². The molecule has 1 aromatic rings. The van der Waals surface area contributed by atoms with Crippen molar-refractivity contribution in [2.24, 2.45) is 0 Å². The zero-order valence-electron chi connectivity index (χ0n) is 9.75. The first kappa shape index (κ1) is 14.4. The van der Waals surface area contributed by atoms with Crippen LogP contribution >= 0.6 is 15.9 Å². The summed E-state index contributed by atoms with van der Waals surface area (Å²) in [4.78, 5) is 0. The molecule has 5 heteroatoms. The Labute approximate surface area is 109 Å². The van der Waals surface area contributed by atoms with Gasteiger partial charge in [-0.2, -0.15) is 0 Å². The number of methoxy groups -OCH3 is 1. The van der Waals surface area contributed by atoms with Crippen molar-refractivity contribution in [3.05, 3.63) is 28.5 Å². The van der Waals surface area contributed by atoms with Crippen LogP contribution in [0.3, 0.4) is 0 Å². The van der Waals surface area contributed by atoms with Gasteiger partial charge in [0.1, 0.15) is 18.2 Å². The summed E-state index contributed by atoms with van der Waals surface area (Å²) in [6, 6.07) is 4.44. The van der Waals surface area contributed by atoms with E-state index < -0.39 is 0 Å². The molecule has 0 atom stereocenters. The Hall–Kier alpha value is -0.650. The average Bonchev–Trinajstić information content (AvgIpc) is 2.26. The number of ether oxygens (including phenoxy) is 3. The first-order valence-electron chi connectivity index (χ1n) is 5.38. The molecule has 0 amide bonds. The van der Waals surface area contributed by atoms with Gasteiger partial charge in [-0.25, -0.2) is 4.39 Å². The molecular formula is C12H16BrFO3. The molecule has 0 saturated heterocycles. The molecule has 0 fully saturated rings. The molecule has 0 heterocycles. The fraction of sp³-hybridized carbons (Fsp3) is 0.500. The first-order valence-corrected chi connectivity index (χ1v) is 6.17. The van der Waals surface area contributed by atoms with Crippen molar-refractivity contribution in [1.29, 1.82) is 0 Å². The molecule has 0 bridgehead atoms. The van der Waals surface area contributed by atoms with E-state index in [2.05, 4.69) is 15.9 Å². The number of benzene rings is 1. The highest BCUT2D eigenvalue weighted by Gasteiger charge is 1.99. The van der Waals surface area contributed by atoms with E-state index in [1.165, 1.54) is 12.1 Å². The SMILES string of the molecule is COCCCOCCOc1cc(F)cc(Br)c1. The van der Waals surface area contributed by atoms with E-state index in [-0.39, 0.29) is 5.82 Å². The molecule has 0 N–H and O–H groups in total. The number of halogens is 2. The normalized spacial score (nSPS) is 10.5. The molecular weight excluding hydrogens is 291 g/mol. The summed E-state index contributed by atoms with van der Waals surface area (Å²) in [6.07, 6.45) is 0.863. The lowest BCUT2D eigenvalue weighted by atomic mass is 10.3. The van der Waals surface area contributed by atoms with Crippen LogP contribution in [0.15, 0.2) is 22.7 Å². The van der Waals surface area contributed by atoms with Crippen LogP contribution in [0.2, 0.25) is 0 Å². The van der Waals surface area contributed by atoms with Gasteiger partial charge in [-0.1, -0.05) is 15.9 Å². The molecule has 0 saturated carbocycles. The van der Waals surface area contributed by atoms with Gasteiger partial charge < -0.3 is 14.2 Å². The maximum Gasteiger partial charge on any atom is 0.128 e. The van der Waals surface area contributed by atoms with E-state index in [1.54, 1.807) is 13.2 Å². The summed E-state index contributed by atoms with van der Waals surface area (Å²) in [6.45, 7) is 2.22. The molecule has 0 radical (unpaired) electrons. The molecule has 17 heavy (non-hydrogen) atoms. The molecule has 96 valence electrons. The lowest BCUT2D eigenvalue weighted by molar-refractivity contribution is 0.0805. The van der Waals surface area contributed by atoms with Crippen molar-refractivity contribution < 1.29 is 18.6 Å². The van der Waals surface area contributed by atoms with Crippen LogP contribution in [-0.2, 0) is 9.47 Å². The Bertz CT molecular complexity index is 313. The predicted molar refractivity (Wildman–Crippen MR) is 66.9 cm³/mol. The summed E-state index contributed by atoms with van der Waals surface area (Å²) in [5.74, 6) is 0.174. The fourth-order valence-corrected chi connectivity index (χ4v) is 1.68. The monoisotopic (exact) mass is 306 g/mol. The Morgan fingerprint density at radius 2 is 1.94 bits per heavy atom.